The third-order valence-corrected chi connectivity index (χ3v) is 2.02. The van der Waals surface area contributed by atoms with E-state index in [0.717, 1.165) is 19.3 Å². The molecule has 0 bridgehead atoms. The summed E-state index contributed by atoms with van der Waals surface area (Å²) in [5.74, 6) is 0.183. The highest BCUT2D eigenvalue weighted by molar-refractivity contribution is 5.85. The van der Waals surface area contributed by atoms with Gasteiger partial charge in [-0.25, -0.2) is 0 Å². The van der Waals surface area contributed by atoms with E-state index in [1.807, 2.05) is 13.8 Å². The van der Waals surface area contributed by atoms with Gasteiger partial charge >= 0.3 is 5.97 Å². The molecule has 0 saturated carbocycles. The number of hydrogen-bond donors (Lipinski definition) is 1. The van der Waals surface area contributed by atoms with Crippen LogP contribution in [0, 0.1) is 5.92 Å². The number of carbonyl (C=O) groups is 1. The third-order valence-electron chi connectivity index (χ3n) is 2.02. The molecule has 0 fully saturated rings. The molecule has 0 aromatic rings. The zero-order valence-corrected chi connectivity index (χ0v) is 10.8. The maximum Gasteiger partial charge on any atom is 0.322 e. The van der Waals surface area contributed by atoms with E-state index in [2.05, 4.69) is 6.92 Å². The molecule has 0 aromatic heterocycles. The fourth-order valence-corrected chi connectivity index (χ4v) is 1.24. The summed E-state index contributed by atoms with van der Waals surface area (Å²) in [6.07, 6.45) is 3.88. The molecule has 3 nitrogen and oxygen atoms in total. The van der Waals surface area contributed by atoms with Crippen molar-refractivity contribution in [3.63, 3.8) is 0 Å². The van der Waals surface area contributed by atoms with Crippen molar-refractivity contribution in [1.82, 2.24) is 0 Å². The van der Waals surface area contributed by atoms with Crippen LogP contribution in [0.5, 0.6) is 0 Å². The Morgan fingerprint density at radius 1 is 1.33 bits per heavy atom. The first-order valence-electron chi connectivity index (χ1n) is 5.50. The van der Waals surface area contributed by atoms with Crippen LogP contribution in [-0.4, -0.2) is 18.6 Å². The standard InChI is InChI=1S/C11H23NO2.ClH/c1-4-5-6-7-14-11(13)10(12)8-9(2)3;/h9-10H,4-8,12H2,1-3H3;1H. The second-order valence-corrected chi connectivity index (χ2v) is 4.11. The van der Waals surface area contributed by atoms with E-state index in [1.165, 1.54) is 0 Å². The summed E-state index contributed by atoms with van der Waals surface area (Å²) in [5, 5.41) is 0. The van der Waals surface area contributed by atoms with Crippen molar-refractivity contribution in [2.75, 3.05) is 6.61 Å². The zero-order valence-electron chi connectivity index (χ0n) is 9.99. The van der Waals surface area contributed by atoms with Crippen molar-refractivity contribution in [3.8, 4) is 0 Å². The molecule has 0 radical (unpaired) electrons. The first-order valence-corrected chi connectivity index (χ1v) is 5.50. The maximum absolute atomic E-state index is 11.3. The monoisotopic (exact) mass is 237 g/mol. The van der Waals surface area contributed by atoms with Gasteiger partial charge in [0.1, 0.15) is 6.04 Å². The first kappa shape index (κ1) is 17.1. The highest BCUT2D eigenvalue weighted by Gasteiger charge is 2.15. The Bertz CT molecular complexity index is 163. The van der Waals surface area contributed by atoms with E-state index in [4.69, 9.17) is 10.5 Å². The number of hydrogen-bond acceptors (Lipinski definition) is 3. The second kappa shape index (κ2) is 10.2. The zero-order chi connectivity index (χ0) is 11.0. The van der Waals surface area contributed by atoms with E-state index < -0.39 is 6.04 Å². The van der Waals surface area contributed by atoms with Crippen LogP contribution < -0.4 is 5.73 Å². The normalized spacial score (nSPS) is 12.1. The first-order chi connectivity index (χ1) is 6.57. The molecule has 1 atom stereocenters. The van der Waals surface area contributed by atoms with Gasteiger partial charge in [-0.05, 0) is 18.8 Å². The summed E-state index contributed by atoms with van der Waals surface area (Å²) in [6, 6.07) is -0.448. The van der Waals surface area contributed by atoms with Crippen molar-refractivity contribution >= 4 is 18.4 Å². The van der Waals surface area contributed by atoms with Gasteiger partial charge < -0.3 is 10.5 Å². The minimum Gasteiger partial charge on any atom is -0.465 e. The van der Waals surface area contributed by atoms with Gasteiger partial charge in [0.25, 0.3) is 0 Å². The Morgan fingerprint density at radius 2 is 1.93 bits per heavy atom. The van der Waals surface area contributed by atoms with E-state index >= 15 is 0 Å². The Kier molecular flexibility index (Phi) is 11.7. The van der Waals surface area contributed by atoms with Gasteiger partial charge in [0.05, 0.1) is 6.61 Å². The van der Waals surface area contributed by atoms with Crippen LogP contribution in [0.15, 0.2) is 0 Å². The number of unbranched alkanes of at least 4 members (excludes halogenated alkanes) is 2. The number of carbonyl (C=O) groups excluding carboxylic acids is 1. The lowest BCUT2D eigenvalue weighted by molar-refractivity contribution is -0.145. The van der Waals surface area contributed by atoms with Crippen LogP contribution >= 0.6 is 12.4 Å². The van der Waals surface area contributed by atoms with E-state index in [1.54, 1.807) is 0 Å². The van der Waals surface area contributed by atoms with Crippen molar-refractivity contribution < 1.29 is 9.53 Å². The Hall–Kier alpha value is -0.280. The third kappa shape index (κ3) is 10.0. The van der Waals surface area contributed by atoms with E-state index in [9.17, 15) is 4.79 Å². The molecule has 0 saturated heterocycles. The SMILES string of the molecule is CCCCCOC(=O)C(N)CC(C)C.Cl. The van der Waals surface area contributed by atoms with Gasteiger partial charge in [-0.2, -0.15) is 0 Å². The van der Waals surface area contributed by atoms with Gasteiger partial charge in [0.2, 0.25) is 0 Å². The van der Waals surface area contributed by atoms with Gasteiger partial charge in [0, 0.05) is 0 Å². The molecule has 1 unspecified atom stereocenters. The largest absolute Gasteiger partial charge is 0.465 e. The molecule has 0 aliphatic rings. The van der Waals surface area contributed by atoms with Crippen LogP contribution in [-0.2, 0) is 9.53 Å². The van der Waals surface area contributed by atoms with Gasteiger partial charge in [-0.15, -0.1) is 12.4 Å². The Balaban J connectivity index is 0. The van der Waals surface area contributed by atoms with Crippen LogP contribution in [0.2, 0.25) is 0 Å². The number of ether oxygens (including phenoxy) is 1. The Morgan fingerprint density at radius 3 is 2.40 bits per heavy atom. The van der Waals surface area contributed by atoms with Gasteiger partial charge in [-0.3, -0.25) is 4.79 Å². The van der Waals surface area contributed by atoms with Gasteiger partial charge in [-0.1, -0.05) is 33.6 Å². The lowest BCUT2D eigenvalue weighted by Gasteiger charge is -2.13. The lowest BCUT2D eigenvalue weighted by atomic mass is 10.1. The fourth-order valence-electron chi connectivity index (χ4n) is 1.24. The van der Waals surface area contributed by atoms with Crippen LogP contribution in [0.3, 0.4) is 0 Å². The predicted octanol–water partition coefficient (Wildman–Crippen LogP) is 2.52. The maximum atomic E-state index is 11.3. The number of halogens is 1. The minimum atomic E-state index is -0.448. The Labute approximate surface area is 99.2 Å². The molecular weight excluding hydrogens is 214 g/mol. The van der Waals surface area contributed by atoms with Crippen LogP contribution in [0.1, 0.15) is 46.5 Å². The molecule has 0 aliphatic carbocycles. The van der Waals surface area contributed by atoms with Crippen molar-refractivity contribution in [2.24, 2.45) is 11.7 Å². The molecule has 0 aliphatic heterocycles. The van der Waals surface area contributed by atoms with E-state index in [0.29, 0.717) is 18.9 Å². The molecule has 4 heteroatoms. The molecule has 0 amide bonds. The summed E-state index contributed by atoms with van der Waals surface area (Å²) < 4.78 is 5.04. The number of esters is 1. The molecule has 0 aromatic carbocycles. The molecular formula is C11H24ClNO2. The predicted molar refractivity (Wildman–Crippen MR) is 65.2 cm³/mol. The number of nitrogens with two attached hydrogens (primary N) is 1. The molecule has 2 N–H and O–H groups in total. The summed E-state index contributed by atoms with van der Waals surface area (Å²) >= 11 is 0. The quantitative estimate of drug-likeness (QED) is 0.547. The average molecular weight is 238 g/mol. The van der Waals surface area contributed by atoms with Crippen LogP contribution in [0.25, 0.3) is 0 Å². The molecule has 15 heavy (non-hydrogen) atoms. The molecule has 0 spiro atoms. The van der Waals surface area contributed by atoms with Crippen molar-refractivity contribution in [3.05, 3.63) is 0 Å². The molecule has 92 valence electrons. The second-order valence-electron chi connectivity index (χ2n) is 4.11. The summed E-state index contributed by atoms with van der Waals surface area (Å²) in [4.78, 5) is 11.3. The van der Waals surface area contributed by atoms with E-state index in [-0.39, 0.29) is 18.4 Å². The minimum absolute atomic E-state index is 0. The summed E-state index contributed by atoms with van der Waals surface area (Å²) in [7, 11) is 0. The van der Waals surface area contributed by atoms with Crippen LogP contribution in [0.4, 0.5) is 0 Å². The lowest BCUT2D eigenvalue weighted by Crippen LogP contribution is -2.33. The number of rotatable bonds is 7. The highest BCUT2D eigenvalue weighted by Crippen LogP contribution is 2.04. The highest BCUT2D eigenvalue weighted by atomic mass is 35.5. The smallest absolute Gasteiger partial charge is 0.322 e. The van der Waals surface area contributed by atoms with Gasteiger partial charge in [0.15, 0.2) is 0 Å². The average Bonchev–Trinajstić information content (AvgIpc) is 2.11. The summed E-state index contributed by atoms with van der Waals surface area (Å²) in [5.41, 5.74) is 5.66. The topological polar surface area (TPSA) is 52.3 Å². The van der Waals surface area contributed by atoms with Crippen molar-refractivity contribution in [1.29, 1.82) is 0 Å². The molecule has 0 rings (SSSR count). The summed E-state index contributed by atoms with van der Waals surface area (Å²) in [6.45, 7) is 6.72. The molecule has 0 heterocycles. The fraction of sp³-hybridized carbons (Fsp3) is 0.909. The van der Waals surface area contributed by atoms with Crippen molar-refractivity contribution in [2.45, 2.75) is 52.5 Å².